The third-order valence-corrected chi connectivity index (χ3v) is 8.89. The number of carboxylic acid groups (broad SMARTS) is 1. The van der Waals surface area contributed by atoms with Gasteiger partial charge < -0.3 is 9.67 Å². The highest BCUT2D eigenvalue weighted by atomic mass is 35.5. The smallest absolute Gasteiger partial charge is 0.416 e. The zero-order valence-electron chi connectivity index (χ0n) is 22.2. The van der Waals surface area contributed by atoms with E-state index in [1.807, 2.05) is 13.0 Å². The highest BCUT2D eigenvalue weighted by Gasteiger charge is 2.42. The van der Waals surface area contributed by atoms with Gasteiger partial charge in [0.2, 0.25) is 0 Å². The minimum absolute atomic E-state index is 0.0613. The van der Waals surface area contributed by atoms with Crippen molar-refractivity contribution in [3.8, 4) is 0 Å². The van der Waals surface area contributed by atoms with E-state index in [1.54, 1.807) is 6.07 Å². The van der Waals surface area contributed by atoms with Gasteiger partial charge in [0.25, 0.3) is 0 Å². The quantitative estimate of drug-likeness (QED) is 0.393. The molecule has 0 radical (unpaired) electrons. The Morgan fingerprint density at radius 2 is 1.89 bits per heavy atom. The van der Waals surface area contributed by atoms with Crippen LogP contribution in [0, 0.1) is 5.92 Å². The molecule has 1 aromatic carbocycles. The summed E-state index contributed by atoms with van der Waals surface area (Å²) < 4.78 is 43.8. The number of benzene rings is 1. The molecule has 204 valence electrons. The molecule has 5 rings (SSSR count). The summed E-state index contributed by atoms with van der Waals surface area (Å²) in [5.41, 5.74) is 6.66. The third-order valence-electron chi connectivity index (χ3n) is 8.57. The molecule has 2 heterocycles. The molecule has 0 saturated heterocycles. The number of allylic oxidation sites excluding steroid dienone is 4. The summed E-state index contributed by atoms with van der Waals surface area (Å²) in [6.07, 6.45) is 5.40. The summed E-state index contributed by atoms with van der Waals surface area (Å²) in [5.74, 6) is -0.748. The van der Waals surface area contributed by atoms with E-state index in [0.717, 1.165) is 83.6 Å². The fourth-order valence-corrected chi connectivity index (χ4v) is 7.03. The first-order chi connectivity index (χ1) is 18.0. The second-order valence-electron chi connectivity index (χ2n) is 11.5. The normalized spacial score (nSPS) is 22.9. The Morgan fingerprint density at radius 1 is 1.13 bits per heavy atom. The molecule has 2 aromatic rings. The van der Waals surface area contributed by atoms with Gasteiger partial charge in [0.1, 0.15) is 0 Å². The Bertz CT molecular complexity index is 1320. The molecule has 0 fully saturated rings. The lowest BCUT2D eigenvalue weighted by Crippen LogP contribution is -2.28. The number of hydrogen-bond acceptors (Lipinski definition) is 1. The second-order valence-corrected chi connectivity index (χ2v) is 12.0. The zero-order chi connectivity index (χ0) is 27.4. The summed E-state index contributed by atoms with van der Waals surface area (Å²) >= 11 is 6.30. The Kier molecular flexibility index (Phi) is 7.32. The van der Waals surface area contributed by atoms with Crippen LogP contribution in [-0.2, 0) is 17.4 Å². The van der Waals surface area contributed by atoms with Gasteiger partial charge in [-0.3, -0.25) is 4.79 Å². The van der Waals surface area contributed by atoms with Gasteiger partial charge in [-0.05, 0) is 91.3 Å². The number of halogens is 4. The van der Waals surface area contributed by atoms with Gasteiger partial charge in [0.15, 0.2) is 0 Å². The standard InChI is InChI=1S/C31H35ClF3NO2/c1-17(2)7-14-26-23-13-10-21(31(33,34)35)16-25(23)18(3)29-28(19-8-11-22(32)12-9-19)24-6-4-5-20(15-27(37)38)30(24)36(26)29/h8,10-11,13,16-18,20,26H,4-7,9,12,14-15H2,1-3H3,(H,37,38). The maximum atomic E-state index is 13.8. The van der Waals surface area contributed by atoms with Crippen LogP contribution in [-0.4, -0.2) is 15.6 Å². The molecule has 0 saturated carbocycles. The molecule has 3 unspecified atom stereocenters. The van der Waals surface area contributed by atoms with Gasteiger partial charge in [-0.15, -0.1) is 0 Å². The first-order valence-corrected chi connectivity index (χ1v) is 14.1. The van der Waals surface area contributed by atoms with E-state index in [-0.39, 0.29) is 24.3 Å². The number of aromatic nitrogens is 1. The molecule has 3 aliphatic rings. The first kappa shape index (κ1) is 27.1. The van der Waals surface area contributed by atoms with Gasteiger partial charge in [-0.2, -0.15) is 13.2 Å². The van der Waals surface area contributed by atoms with Crippen molar-refractivity contribution in [2.45, 2.75) is 96.2 Å². The summed E-state index contributed by atoms with van der Waals surface area (Å²) in [5, 5.41) is 10.6. The number of nitrogens with zero attached hydrogens (tertiary/aromatic N) is 1. The van der Waals surface area contributed by atoms with Crippen molar-refractivity contribution >= 4 is 23.1 Å². The van der Waals surface area contributed by atoms with Gasteiger partial charge in [-0.1, -0.05) is 44.5 Å². The Balaban J connectivity index is 1.80. The predicted molar refractivity (Wildman–Crippen MR) is 145 cm³/mol. The molecule has 3 nitrogen and oxygen atoms in total. The van der Waals surface area contributed by atoms with Gasteiger partial charge >= 0.3 is 12.1 Å². The highest BCUT2D eigenvalue weighted by Crippen LogP contribution is 2.53. The lowest BCUT2D eigenvalue weighted by molar-refractivity contribution is -0.138. The maximum Gasteiger partial charge on any atom is 0.416 e. The summed E-state index contributed by atoms with van der Waals surface area (Å²) in [6.45, 7) is 6.33. The van der Waals surface area contributed by atoms with Gasteiger partial charge in [0.05, 0.1) is 18.0 Å². The van der Waals surface area contributed by atoms with Crippen molar-refractivity contribution in [3.63, 3.8) is 0 Å². The SMILES string of the molecule is CC(C)CCC1c2ccc(C(F)(F)F)cc2C(C)c2c(C3=CC=C(Cl)CC3)c3c(n21)C(CC(=O)O)CCC3. The number of carbonyl (C=O) groups is 1. The highest BCUT2D eigenvalue weighted by molar-refractivity contribution is 6.29. The number of aliphatic carboxylic acids is 1. The lowest BCUT2D eigenvalue weighted by Gasteiger charge is -2.37. The van der Waals surface area contributed by atoms with E-state index in [0.29, 0.717) is 5.92 Å². The van der Waals surface area contributed by atoms with Crippen molar-refractivity contribution in [1.29, 1.82) is 0 Å². The van der Waals surface area contributed by atoms with Gasteiger partial charge in [-0.25, -0.2) is 0 Å². The molecule has 1 aromatic heterocycles. The van der Waals surface area contributed by atoms with Crippen molar-refractivity contribution in [2.24, 2.45) is 5.92 Å². The van der Waals surface area contributed by atoms with Crippen LogP contribution in [0.4, 0.5) is 13.2 Å². The summed E-state index contributed by atoms with van der Waals surface area (Å²) in [6, 6.07) is 4.11. The van der Waals surface area contributed by atoms with E-state index in [1.165, 1.54) is 17.7 Å². The predicted octanol–water partition coefficient (Wildman–Crippen LogP) is 9.19. The van der Waals surface area contributed by atoms with Gasteiger partial charge in [0, 0.05) is 33.8 Å². The molecule has 7 heteroatoms. The van der Waals surface area contributed by atoms with Crippen LogP contribution in [0.3, 0.4) is 0 Å². The number of alkyl halides is 3. The molecule has 1 aliphatic heterocycles. The van der Waals surface area contributed by atoms with E-state index in [2.05, 4.69) is 24.5 Å². The number of fused-ring (bicyclic) bond motifs is 4. The molecule has 0 bridgehead atoms. The first-order valence-electron chi connectivity index (χ1n) is 13.7. The molecule has 0 amide bonds. The fraction of sp³-hybridized carbons (Fsp3) is 0.516. The van der Waals surface area contributed by atoms with E-state index in [4.69, 9.17) is 11.6 Å². The van der Waals surface area contributed by atoms with Crippen molar-refractivity contribution < 1.29 is 23.1 Å². The number of hydrogen-bond donors (Lipinski definition) is 1. The fourth-order valence-electron chi connectivity index (χ4n) is 6.88. The molecule has 38 heavy (non-hydrogen) atoms. The number of carboxylic acids is 1. The van der Waals surface area contributed by atoms with Crippen LogP contribution in [0.5, 0.6) is 0 Å². The third kappa shape index (κ3) is 4.85. The molecular weight excluding hydrogens is 511 g/mol. The average molecular weight is 546 g/mol. The van der Waals surface area contributed by atoms with Crippen LogP contribution in [0.25, 0.3) is 5.57 Å². The van der Waals surface area contributed by atoms with E-state index >= 15 is 0 Å². The monoisotopic (exact) mass is 545 g/mol. The summed E-state index contributed by atoms with van der Waals surface area (Å²) in [7, 11) is 0. The van der Waals surface area contributed by atoms with Crippen LogP contribution >= 0.6 is 11.6 Å². The van der Waals surface area contributed by atoms with Crippen molar-refractivity contribution in [1.82, 2.24) is 4.57 Å². The molecule has 3 atom stereocenters. The minimum atomic E-state index is -4.41. The van der Waals surface area contributed by atoms with E-state index < -0.39 is 17.7 Å². The van der Waals surface area contributed by atoms with Crippen LogP contribution in [0.15, 0.2) is 35.4 Å². The van der Waals surface area contributed by atoms with Crippen LogP contribution in [0.1, 0.15) is 123 Å². The van der Waals surface area contributed by atoms with Crippen LogP contribution in [0.2, 0.25) is 0 Å². The topological polar surface area (TPSA) is 42.2 Å². The Morgan fingerprint density at radius 3 is 2.53 bits per heavy atom. The van der Waals surface area contributed by atoms with Crippen molar-refractivity contribution in [2.75, 3.05) is 0 Å². The zero-order valence-corrected chi connectivity index (χ0v) is 22.9. The minimum Gasteiger partial charge on any atom is -0.481 e. The van der Waals surface area contributed by atoms with Crippen molar-refractivity contribution in [3.05, 3.63) is 74.6 Å². The molecule has 1 N–H and O–H groups in total. The summed E-state index contributed by atoms with van der Waals surface area (Å²) in [4.78, 5) is 11.9. The molecule has 0 spiro atoms. The largest absolute Gasteiger partial charge is 0.481 e. The average Bonchev–Trinajstić information content (AvgIpc) is 3.19. The number of rotatable bonds is 6. The molecule has 2 aliphatic carbocycles. The van der Waals surface area contributed by atoms with Crippen LogP contribution < -0.4 is 0 Å². The Hall–Kier alpha value is -2.47. The lowest BCUT2D eigenvalue weighted by atomic mass is 9.79. The maximum absolute atomic E-state index is 13.8. The second kappa shape index (κ2) is 10.3. The van der Waals surface area contributed by atoms with E-state index in [9.17, 15) is 23.1 Å². The Labute approximate surface area is 227 Å². The molecular formula is C31H35ClF3NO2.